The highest BCUT2D eigenvalue weighted by Gasteiger charge is 2.32. The molecule has 0 aromatic heterocycles. The lowest BCUT2D eigenvalue weighted by atomic mass is 9.98. The van der Waals surface area contributed by atoms with Crippen LogP contribution >= 0.6 is 0 Å². The van der Waals surface area contributed by atoms with Crippen LogP contribution in [-0.4, -0.2) is 28.3 Å². The molecule has 3 aromatic carbocycles. The summed E-state index contributed by atoms with van der Waals surface area (Å²) < 4.78 is 0. The first-order valence-corrected chi connectivity index (χ1v) is 11.9. The second kappa shape index (κ2) is 11.1. The number of carbonyl (C=O) groups excluding carboxylic acids is 2. The smallest absolute Gasteiger partial charge is 0.243 e. The molecule has 0 aliphatic rings. The summed E-state index contributed by atoms with van der Waals surface area (Å²) in [6.07, 6.45) is 0.711. The fraction of sp³-hybridized carbons (Fsp3) is 0.333. The van der Waals surface area contributed by atoms with Crippen LogP contribution in [0.4, 0.5) is 0 Å². The number of amides is 2. The zero-order chi connectivity index (χ0) is 24.7. The van der Waals surface area contributed by atoms with E-state index in [4.69, 9.17) is 0 Å². The van der Waals surface area contributed by atoms with Gasteiger partial charge in [-0.3, -0.25) is 9.59 Å². The van der Waals surface area contributed by atoms with Crippen molar-refractivity contribution in [2.45, 2.75) is 65.6 Å². The Kier molecular flexibility index (Phi) is 8.27. The molecule has 34 heavy (non-hydrogen) atoms. The third-order valence-electron chi connectivity index (χ3n) is 5.81. The Balaban J connectivity index is 1.99. The van der Waals surface area contributed by atoms with Gasteiger partial charge in [0.2, 0.25) is 11.8 Å². The van der Waals surface area contributed by atoms with Gasteiger partial charge in [-0.15, -0.1) is 0 Å². The largest absolute Gasteiger partial charge is 0.350 e. The molecule has 0 heterocycles. The molecule has 0 saturated heterocycles. The third-order valence-corrected chi connectivity index (χ3v) is 5.81. The number of nitrogens with zero attached hydrogens (tertiary/aromatic N) is 1. The number of carbonyl (C=O) groups is 2. The van der Waals surface area contributed by atoms with Gasteiger partial charge >= 0.3 is 0 Å². The van der Waals surface area contributed by atoms with Gasteiger partial charge in [0.25, 0.3) is 0 Å². The van der Waals surface area contributed by atoms with Crippen LogP contribution in [0.5, 0.6) is 0 Å². The van der Waals surface area contributed by atoms with Crippen LogP contribution in [0.3, 0.4) is 0 Å². The summed E-state index contributed by atoms with van der Waals surface area (Å²) >= 11 is 0. The van der Waals surface area contributed by atoms with Crippen LogP contribution in [0.2, 0.25) is 0 Å². The van der Waals surface area contributed by atoms with E-state index >= 15 is 0 Å². The minimum Gasteiger partial charge on any atom is -0.350 e. The molecule has 1 N–H and O–H groups in total. The van der Waals surface area contributed by atoms with Gasteiger partial charge in [0.05, 0.1) is 6.42 Å². The van der Waals surface area contributed by atoms with Crippen molar-refractivity contribution >= 4 is 11.8 Å². The maximum absolute atomic E-state index is 13.8. The van der Waals surface area contributed by atoms with Crippen molar-refractivity contribution < 1.29 is 9.59 Å². The average Bonchev–Trinajstić information content (AvgIpc) is 2.78. The van der Waals surface area contributed by atoms with Crippen molar-refractivity contribution in [3.63, 3.8) is 0 Å². The number of aryl methyl sites for hydroxylation is 2. The molecule has 0 spiro atoms. The molecule has 0 saturated carbocycles. The highest BCUT2D eigenvalue weighted by Crippen LogP contribution is 2.19. The number of hydrogen-bond donors (Lipinski definition) is 1. The molecule has 1 unspecified atom stereocenters. The normalized spacial score (nSPS) is 12.1. The van der Waals surface area contributed by atoms with E-state index in [9.17, 15) is 9.59 Å². The third kappa shape index (κ3) is 7.31. The number of hydrogen-bond acceptors (Lipinski definition) is 2. The van der Waals surface area contributed by atoms with E-state index < -0.39 is 11.6 Å². The first kappa shape index (κ1) is 25.2. The zero-order valence-electron chi connectivity index (χ0n) is 21.0. The summed E-state index contributed by atoms with van der Waals surface area (Å²) in [5.41, 5.74) is 4.82. The predicted molar refractivity (Wildman–Crippen MR) is 138 cm³/mol. The van der Waals surface area contributed by atoms with E-state index in [1.54, 1.807) is 4.90 Å². The van der Waals surface area contributed by atoms with Gasteiger partial charge in [0.1, 0.15) is 6.04 Å². The van der Waals surface area contributed by atoms with Crippen LogP contribution in [0.25, 0.3) is 0 Å². The summed E-state index contributed by atoms with van der Waals surface area (Å²) in [5, 5.41) is 3.11. The monoisotopic (exact) mass is 456 g/mol. The molecule has 178 valence electrons. The van der Waals surface area contributed by atoms with Crippen LogP contribution in [-0.2, 0) is 29.0 Å². The van der Waals surface area contributed by atoms with Crippen LogP contribution in [0, 0.1) is 13.8 Å². The molecule has 4 nitrogen and oxygen atoms in total. The van der Waals surface area contributed by atoms with E-state index in [1.807, 2.05) is 101 Å². The van der Waals surface area contributed by atoms with E-state index in [2.05, 4.69) is 17.4 Å². The van der Waals surface area contributed by atoms with Crippen molar-refractivity contribution in [2.75, 3.05) is 0 Å². The molecule has 1 atom stereocenters. The molecule has 3 rings (SSSR count). The van der Waals surface area contributed by atoms with Gasteiger partial charge in [-0.1, -0.05) is 84.4 Å². The van der Waals surface area contributed by atoms with E-state index in [0.717, 1.165) is 27.8 Å². The van der Waals surface area contributed by atoms with Crippen LogP contribution < -0.4 is 5.32 Å². The van der Waals surface area contributed by atoms with Crippen molar-refractivity contribution in [1.29, 1.82) is 0 Å². The van der Waals surface area contributed by atoms with E-state index in [0.29, 0.717) is 13.0 Å². The summed E-state index contributed by atoms with van der Waals surface area (Å²) in [6.45, 7) is 10.3. The molecular weight excluding hydrogens is 420 g/mol. The maximum Gasteiger partial charge on any atom is 0.243 e. The Bertz CT molecular complexity index is 1100. The number of benzene rings is 3. The van der Waals surface area contributed by atoms with Gasteiger partial charge in [-0.05, 0) is 56.9 Å². The molecule has 0 aliphatic heterocycles. The van der Waals surface area contributed by atoms with E-state index in [-0.39, 0.29) is 18.2 Å². The molecule has 0 aliphatic carbocycles. The van der Waals surface area contributed by atoms with Crippen molar-refractivity contribution in [2.24, 2.45) is 0 Å². The lowest BCUT2D eigenvalue weighted by molar-refractivity contribution is -0.141. The molecule has 0 fully saturated rings. The SMILES string of the molecule is Cc1ccc(C)c(CC(=O)N(Cc2ccccc2)C(Cc2ccccc2)C(=O)NC(C)(C)C)c1. The minimum absolute atomic E-state index is 0.0532. The quantitative estimate of drug-likeness (QED) is 0.493. The lowest BCUT2D eigenvalue weighted by Crippen LogP contribution is -2.54. The first-order chi connectivity index (χ1) is 16.1. The predicted octanol–water partition coefficient (Wildman–Crippen LogP) is 5.40. The Morgan fingerprint density at radius 2 is 1.44 bits per heavy atom. The summed E-state index contributed by atoms with van der Waals surface area (Å²) in [4.78, 5) is 29.2. The first-order valence-electron chi connectivity index (χ1n) is 11.9. The van der Waals surface area contributed by atoms with E-state index in [1.165, 1.54) is 0 Å². The van der Waals surface area contributed by atoms with Crippen LogP contribution in [0.15, 0.2) is 78.9 Å². The second-order valence-electron chi connectivity index (χ2n) is 10.1. The van der Waals surface area contributed by atoms with Gasteiger partial charge in [-0.25, -0.2) is 0 Å². The molecule has 0 bridgehead atoms. The summed E-state index contributed by atoms with van der Waals surface area (Å²) in [5.74, 6) is -0.191. The van der Waals surface area contributed by atoms with Crippen LogP contribution in [0.1, 0.15) is 48.6 Å². The van der Waals surface area contributed by atoms with Crippen molar-refractivity contribution in [3.05, 3.63) is 107 Å². The molecule has 0 radical (unpaired) electrons. The Morgan fingerprint density at radius 3 is 2.03 bits per heavy atom. The van der Waals surface area contributed by atoms with Gasteiger partial charge < -0.3 is 10.2 Å². The Morgan fingerprint density at radius 1 is 0.853 bits per heavy atom. The molecule has 2 amide bonds. The highest BCUT2D eigenvalue weighted by molar-refractivity contribution is 5.89. The summed E-state index contributed by atoms with van der Waals surface area (Å²) in [6, 6.07) is 25.3. The number of rotatable bonds is 8. The molecule has 3 aromatic rings. The van der Waals surface area contributed by atoms with Crippen molar-refractivity contribution in [1.82, 2.24) is 10.2 Å². The second-order valence-corrected chi connectivity index (χ2v) is 10.1. The highest BCUT2D eigenvalue weighted by atomic mass is 16.2. The standard InChI is InChI=1S/C30H36N2O2/c1-22-16-17-23(2)26(18-22)20-28(33)32(21-25-14-10-7-11-15-25)27(29(34)31-30(3,4)5)19-24-12-8-6-9-13-24/h6-18,27H,19-21H2,1-5H3,(H,31,34). The number of nitrogens with one attached hydrogen (secondary N) is 1. The molecular formula is C30H36N2O2. The lowest BCUT2D eigenvalue weighted by Gasteiger charge is -2.34. The topological polar surface area (TPSA) is 49.4 Å². The fourth-order valence-electron chi connectivity index (χ4n) is 4.04. The Labute approximate surface area is 204 Å². The Hall–Kier alpha value is -3.40. The minimum atomic E-state index is -0.626. The van der Waals surface area contributed by atoms with Crippen molar-refractivity contribution in [3.8, 4) is 0 Å². The average molecular weight is 457 g/mol. The fourth-order valence-corrected chi connectivity index (χ4v) is 4.04. The van der Waals surface area contributed by atoms with Gasteiger partial charge in [0.15, 0.2) is 0 Å². The maximum atomic E-state index is 13.8. The zero-order valence-corrected chi connectivity index (χ0v) is 21.0. The van der Waals surface area contributed by atoms with Gasteiger partial charge in [-0.2, -0.15) is 0 Å². The summed E-state index contributed by atoms with van der Waals surface area (Å²) in [7, 11) is 0. The molecule has 4 heteroatoms. The van der Waals surface area contributed by atoms with Gasteiger partial charge in [0, 0.05) is 18.5 Å².